The molecule has 2 atom stereocenters. The van der Waals surface area contributed by atoms with Gasteiger partial charge in [-0.3, -0.25) is 0 Å². The van der Waals surface area contributed by atoms with Crippen LogP contribution in [-0.2, 0) is 29.1 Å². The molecule has 1 saturated heterocycles. The first-order chi connectivity index (χ1) is 17.1. The van der Waals surface area contributed by atoms with Crippen LogP contribution in [0.1, 0.15) is 71.0 Å². The van der Waals surface area contributed by atoms with Gasteiger partial charge >= 0.3 is 234 Å². The van der Waals surface area contributed by atoms with Gasteiger partial charge in [-0.05, 0) is 0 Å². The van der Waals surface area contributed by atoms with E-state index in [1.807, 2.05) is 0 Å². The molecule has 3 aliphatic rings. The van der Waals surface area contributed by atoms with Crippen molar-refractivity contribution in [3.8, 4) is 0 Å². The third-order valence-corrected chi connectivity index (χ3v) is 31.4. The van der Waals surface area contributed by atoms with Crippen LogP contribution < -0.4 is 0 Å². The van der Waals surface area contributed by atoms with Crippen LogP contribution in [0, 0.1) is 0 Å². The van der Waals surface area contributed by atoms with E-state index in [1.54, 1.807) is 0 Å². The fourth-order valence-corrected chi connectivity index (χ4v) is 23.2. The van der Waals surface area contributed by atoms with Gasteiger partial charge in [0.25, 0.3) is 0 Å². The Kier molecular flexibility index (Phi) is 9.22. The molecule has 214 valence electrons. The molecule has 0 radical (unpaired) electrons. The Balaban J connectivity index is 0.00000210. The number of benzene rings is 2. The summed E-state index contributed by atoms with van der Waals surface area (Å²) in [5.41, 5.74) is 5.78. The van der Waals surface area contributed by atoms with Crippen molar-refractivity contribution in [2.45, 2.75) is 93.3 Å². The van der Waals surface area contributed by atoms with Crippen LogP contribution in [0.25, 0.3) is 11.5 Å². The van der Waals surface area contributed by atoms with E-state index in [2.05, 4.69) is 128 Å². The van der Waals surface area contributed by atoms with Gasteiger partial charge in [-0.25, -0.2) is 0 Å². The molecule has 0 amide bonds. The third kappa shape index (κ3) is 5.74. The molecule has 2 nitrogen and oxygen atoms in total. The van der Waals surface area contributed by atoms with E-state index in [0.29, 0.717) is 7.25 Å². The van der Waals surface area contributed by atoms with Gasteiger partial charge in [0.15, 0.2) is 0 Å². The van der Waals surface area contributed by atoms with Crippen molar-refractivity contribution in [3.05, 3.63) is 82.9 Å². The van der Waals surface area contributed by atoms with E-state index in [0.717, 1.165) is 0 Å². The summed E-state index contributed by atoms with van der Waals surface area (Å²) in [4.78, 5) is 0. The zero-order valence-corrected chi connectivity index (χ0v) is 31.6. The number of halogens is 2. The molecule has 2 aromatic rings. The Morgan fingerprint density at radius 2 is 0.949 bits per heavy atom. The van der Waals surface area contributed by atoms with Gasteiger partial charge in [0, 0.05) is 0 Å². The summed E-state index contributed by atoms with van der Waals surface area (Å²) in [6.07, 6.45) is 5.16. The average Bonchev–Trinajstić information content (AvgIpc) is 3.40. The fraction of sp³-hybridized carbons (Fsp3) is 0.500. The molecule has 0 saturated carbocycles. The van der Waals surface area contributed by atoms with E-state index in [-0.39, 0.29) is 34.9 Å². The Bertz CT molecular complexity index is 1190. The summed E-state index contributed by atoms with van der Waals surface area (Å²) >= 11 is -2.66. The Morgan fingerprint density at radius 1 is 0.615 bits per heavy atom. The number of rotatable bonds is 6. The van der Waals surface area contributed by atoms with Crippen molar-refractivity contribution >= 4 is 53.0 Å². The number of fused-ring (bicyclic) bond motifs is 2. The van der Waals surface area contributed by atoms with Crippen LogP contribution in [0.4, 0.5) is 0 Å². The first-order valence-electron chi connectivity index (χ1n) is 14.1. The summed E-state index contributed by atoms with van der Waals surface area (Å²) < 4.78 is 18.0. The molecule has 39 heavy (non-hydrogen) atoms. The van der Waals surface area contributed by atoms with Crippen LogP contribution in [0.3, 0.4) is 0 Å². The van der Waals surface area contributed by atoms with Crippen molar-refractivity contribution in [1.82, 2.24) is 0 Å². The van der Waals surface area contributed by atoms with E-state index >= 15 is 0 Å². The first-order valence-corrected chi connectivity index (χ1v) is 26.2. The number of hydrogen-bond donors (Lipinski definition) is 0. The zero-order chi connectivity index (χ0) is 27.0. The second-order valence-electron chi connectivity index (χ2n) is 14.6. The molecule has 0 aromatic heterocycles. The molecule has 2 unspecified atom stereocenters. The van der Waals surface area contributed by atoms with E-state index in [9.17, 15) is 0 Å². The molecule has 1 heterocycles. The van der Waals surface area contributed by atoms with Gasteiger partial charge in [-0.1, -0.05) is 0 Å². The van der Waals surface area contributed by atoms with Gasteiger partial charge in [-0.15, -0.1) is 24.8 Å². The van der Waals surface area contributed by atoms with Crippen LogP contribution in [0.15, 0.2) is 60.7 Å². The predicted molar refractivity (Wildman–Crippen MR) is 175 cm³/mol. The van der Waals surface area contributed by atoms with Crippen molar-refractivity contribution in [2.24, 2.45) is 0 Å². The molecule has 1 aliphatic heterocycles. The smallest absolute Gasteiger partial charge is 0.147 e. The SMILES string of the molecule is CC(C)(C)[Si](C)(C)OC1=C[CH]([Zr]2([CH]3C=C(O[Si](C)(C)C(C)(C)C)c4ccccc43)[CH2][CH2]2)c2ccccc21.Cl.Cl. The van der Waals surface area contributed by atoms with Crippen molar-refractivity contribution in [3.63, 3.8) is 0 Å². The summed E-state index contributed by atoms with van der Waals surface area (Å²) in [5.74, 6) is 2.34. The molecule has 0 spiro atoms. The monoisotopic (exact) mass is 680 g/mol. The van der Waals surface area contributed by atoms with E-state index < -0.39 is 36.9 Å². The quantitative estimate of drug-likeness (QED) is 0.282. The second kappa shape index (κ2) is 10.9. The van der Waals surface area contributed by atoms with Gasteiger partial charge in [-0.2, -0.15) is 0 Å². The number of hydrogen-bond acceptors (Lipinski definition) is 2. The molecule has 2 aromatic carbocycles. The molecule has 0 N–H and O–H groups in total. The number of allylic oxidation sites excluding steroid dienone is 2. The second-order valence-corrected chi connectivity index (χ2v) is 35.7. The summed E-state index contributed by atoms with van der Waals surface area (Å²) in [6, 6.07) is 18.3. The van der Waals surface area contributed by atoms with Crippen molar-refractivity contribution < 1.29 is 29.1 Å². The van der Waals surface area contributed by atoms with Gasteiger partial charge < -0.3 is 0 Å². The fourth-order valence-electron chi connectivity index (χ4n) is 5.59. The predicted octanol–water partition coefficient (Wildman–Crippen LogP) is 11.1. The van der Waals surface area contributed by atoms with Crippen molar-refractivity contribution in [2.75, 3.05) is 0 Å². The van der Waals surface area contributed by atoms with Crippen LogP contribution in [0.2, 0.25) is 44.5 Å². The molecule has 5 rings (SSSR count). The molecule has 0 bridgehead atoms. The molecule has 2 aliphatic carbocycles. The zero-order valence-electron chi connectivity index (χ0n) is 25.5. The molecule has 7 heteroatoms. The normalized spacial score (nSPS) is 21.5. The Morgan fingerprint density at radius 3 is 1.26 bits per heavy atom. The molecular weight excluding hydrogens is 635 g/mol. The summed E-state index contributed by atoms with van der Waals surface area (Å²) in [5, 5.41) is 0.370. The summed E-state index contributed by atoms with van der Waals surface area (Å²) in [7, 11) is -3.85. The largest absolute Gasteiger partial charge is 0.147 e. The minimum atomic E-state index is -2.66. The van der Waals surface area contributed by atoms with Crippen LogP contribution in [0.5, 0.6) is 0 Å². The van der Waals surface area contributed by atoms with E-state index in [4.69, 9.17) is 8.85 Å². The van der Waals surface area contributed by atoms with Gasteiger partial charge in [0.1, 0.15) is 0 Å². The van der Waals surface area contributed by atoms with Crippen molar-refractivity contribution in [1.29, 1.82) is 0 Å². The Labute approximate surface area is 256 Å². The maximum Gasteiger partial charge on any atom is -0.147 e. The molecular formula is C32H48Cl2O2Si2Zr. The van der Waals surface area contributed by atoms with E-state index in [1.165, 1.54) is 42.0 Å². The Hall–Kier alpha value is -0.583. The summed E-state index contributed by atoms with van der Waals surface area (Å²) in [6.45, 7) is 23.5. The van der Waals surface area contributed by atoms with Crippen LogP contribution in [-0.4, -0.2) is 16.6 Å². The minimum Gasteiger partial charge on any atom is -0.147 e. The maximum atomic E-state index is 7.00. The molecule has 1 fully saturated rings. The van der Waals surface area contributed by atoms with Gasteiger partial charge in [0.2, 0.25) is 0 Å². The maximum absolute atomic E-state index is 7.00. The first kappa shape index (κ1) is 32.9. The third-order valence-electron chi connectivity index (χ3n) is 10.2. The standard InChI is InChI=1S/2C15H21OSi.C2H4.2ClH.Zr/c2*1-15(2,3)17(4,5)16-14-11-10-12-8-6-7-9-13(12)14;1-2;;;/h2*6-11H,1-5H3;1-2H2;2*1H;. The van der Waals surface area contributed by atoms with Crippen LogP contribution >= 0.6 is 24.8 Å². The topological polar surface area (TPSA) is 18.5 Å². The average molecular weight is 683 g/mol. The minimum absolute atomic E-state index is 0. The van der Waals surface area contributed by atoms with Gasteiger partial charge in [0.05, 0.1) is 0 Å².